The topological polar surface area (TPSA) is 53.7 Å². The third-order valence-electron chi connectivity index (χ3n) is 1.20. The van der Waals surface area contributed by atoms with Gasteiger partial charge in [-0.05, 0) is 12.8 Å². The van der Waals surface area contributed by atoms with Crippen LogP contribution >= 0.6 is 0 Å². The summed E-state index contributed by atoms with van der Waals surface area (Å²) < 4.78 is 14.2. The van der Waals surface area contributed by atoms with Crippen LogP contribution < -0.4 is 5.73 Å². The predicted octanol–water partition coefficient (Wildman–Crippen LogP) is -0.250. The third-order valence-corrected chi connectivity index (χ3v) is 2.35. The minimum Gasteiger partial charge on any atom is -0.379 e. The Balaban J connectivity index is 0.000000207. The summed E-state index contributed by atoms with van der Waals surface area (Å²) in [7, 11) is 3.05. The van der Waals surface area contributed by atoms with Crippen molar-refractivity contribution in [1.29, 1.82) is 0 Å². The highest BCUT2D eigenvalue weighted by Crippen LogP contribution is 2.13. The molecule has 0 saturated heterocycles. The highest BCUT2D eigenvalue weighted by atomic mass is 28.3. The van der Waals surface area contributed by atoms with Crippen molar-refractivity contribution in [1.82, 2.24) is 0 Å². The number of nitrogens with two attached hydrogens (primary N) is 1. The van der Waals surface area contributed by atoms with Gasteiger partial charge in [-0.15, -0.1) is 0 Å². The Hall–Kier alpha value is 0.0569. The van der Waals surface area contributed by atoms with Gasteiger partial charge in [0.25, 0.3) is 0 Å². The monoisotopic (exact) mass is 179 g/mol. The maximum absolute atomic E-state index is 5.22. The molecule has 0 radical (unpaired) electrons. The van der Waals surface area contributed by atoms with E-state index >= 15 is 0 Å². The highest BCUT2D eigenvalue weighted by Gasteiger charge is 2.13. The molecule has 0 amide bonds. The molecule has 0 bridgehead atoms. The van der Waals surface area contributed by atoms with Crippen LogP contribution in [0.25, 0.3) is 0 Å². The Morgan fingerprint density at radius 2 is 1.36 bits per heavy atom. The zero-order valence-corrected chi connectivity index (χ0v) is 8.53. The molecule has 0 aliphatic heterocycles. The standard InChI is InChI=1S/C3H7N.C3H10O3Si/c4-3-1-2-3;1-4-7(5-2)6-3/h3H,1-2,4H2;7H,1-3H3. The molecule has 1 aliphatic rings. The Labute approximate surface area is 69.6 Å². The van der Waals surface area contributed by atoms with Crippen molar-refractivity contribution in [3.63, 3.8) is 0 Å². The number of hydrogen-bond donors (Lipinski definition) is 1. The van der Waals surface area contributed by atoms with Crippen molar-refractivity contribution in [2.45, 2.75) is 18.9 Å². The quantitative estimate of drug-likeness (QED) is 0.607. The molecule has 1 saturated carbocycles. The fraction of sp³-hybridized carbons (Fsp3) is 1.00. The summed E-state index contributed by atoms with van der Waals surface area (Å²) in [6, 6.07) is 0.583. The molecule has 4 nitrogen and oxygen atoms in total. The van der Waals surface area contributed by atoms with E-state index in [-0.39, 0.29) is 0 Å². The molecule has 0 spiro atoms. The van der Waals surface area contributed by atoms with Gasteiger partial charge in [0.1, 0.15) is 0 Å². The van der Waals surface area contributed by atoms with Crippen LogP contribution in [-0.2, 0) is 13.3 Å². The summed E-state index contributed by atoms with van der Waals surface area (Å²) in [5.74, 6) is 0. The molecular formula is C6H17NO3Si. The van der Waals surface area contributed by atoms with Gasteiger partial charge >= 0.3 is 9.53 Å². The molecule has 1 fully saturated rings. The molecule has 0 heterocycles. The molecule has 11 heavy (non-hydrogen) atoms. The van der Waals surface area contributed by atoms with Crippen LogP contribution in [-0.4, -0.2) is 36.9 Å². The molecule has 1 rings (SSSR count). The van der Waals surface area contributed by atoms with E-state index in [2.05, 4.69) is 0 Å². The van der Waals surface area contributed by atoms with E-state index in [4.69, 9.17) is 19.0 Å². The van der Waals surface area contributed by atoms with E-state index in [9.17, 15) is 0 Å². The molecule has 5 heteroatoms. The first kappa shape index (κ1) is 11.1. The van der Waals surface area contributed by atoms with E-state index < -0.39 is 9.53 Å². The highest BCUT2D eigenvalue weighted by molar-refractivity contribution is 6.36. The minimum atomic E-state index is -1.67. The SMILES string of the molecule is CO[SiH](OC)OC.NC1CC1. The summed E-state index contributed by atoms with van der Waals surface area (Å²) in [5, 5.41) is 0. The zero-order valence-electron chi connectivity index (χ0n) is 7.37. The maximum atomic E-state index is 5.22. The van der Waals surface area contributed by atoms with Crippen LogP contribution in [0.3, 0.4) is 0 Å². The maximum Gasteiger partial charge on any atom is 0.483 e. The van der Waals surface area contributed by atoms with Gasteiger partial charge < -0.3 is 19.0 Å². The van der Waals surface area contributed by atoms with Crippen LogP contribution in [0.2, 0.25) is 0 Å². The largest absolute Gasteiger partial charge is 0.483 e. The van der Waals surface area contributed by atoms with Crippen molar-refractivity contribution in [3.8, 4) is 0 Å². The summed E-state index contributed by atoms with van der Waals surface area (Å²) in [5.41, 5.74) is 5.22. The molecule has 0 aromatic carbocycles. The third kappa shape index (κ3) is 7.96. The van der Waals surface area contributed by atoms with Crippen LogP contribution in [0.4, 0.5) is 0 Å². The lowest BCUT2D eigenvalue weighted by molar-refractivity contribution is 0.163. The second-order valence-corrected chi connectivity index (χ2v) is 4.32. The van der Waals surface area contributed by atoms with Crippen molar-refractivity contribution in [2.24, 2.45) is 5.73 Å². The summed E-state index contributed by atoms with van der Waals surface area (Å²) in [4.78, 5) is 0. The van der Waals surface area contributed by atoms with E-state index in [1.807, 2.05) is 0 Å². The van der Waals surface area contributed by atoms with Crippen LogP contribution in [0.5, 0.6) is 0 Å². The van der Waals surface area contributed by atoms with Crippen molar-refractivity contribution in [3.05, 3.63) is 0 Å². The Bertz CT molecular complexity index is 80.4. The van der Waals surface area contributed by atoms with Crippen LogP contribution in [0, 0.1) is 0 Å². The summed E-state index contributed by atoms with van der Waals surface area (Å²) in [6.07, 6.45) is 2.53. The molecular weight excluding hydrogens is 162 g/mol. The molecule has 68 valence electrons. The fourth-order valence-electron chi connectivity index (χ4n) is 0.385. The van der Waals surface area contributed by atoms with Crippen molar-refractivity contribution in [2.75, 3.05) is 21.3 Å². The lowest BCUT2D eigenvalue weighted by Gasteiger charge is -2.05. The molecule has 0 atom stereocenters. The van der Waals surface area contributed by atoms with Gasteiger partial charge in [0.2, 0.25) is 0 Å². The van der Waals surface area contributed by atoms with Crippen molar-refractivity contribution >= 4 is 9.53 Å². The van der Waals surface area contributed by atoms with Gasteiger partial charge in [-0.25, -0.2) is 0 Å². The van der Waals surface area contributed by atoms with Crippen LogP contribution in [0.1, 0.15) is 12.8 Å². The Kier molecular flexibility index (Phi) is 6.78. The van der Waals surface area contributed by atoms with Gasteiger partial charge in [0.05, 0.1) is 0 Å². The fourth-order valence-corrected chi connectivity index (χ4v) is 0.962. The van der Waals surface area contributed by atoms with Gasteiger partial charge in [0.15, 0.2) is 0 Å². The zero-order chi connectivity index (χ0) is 8.69. The van der Waals surface area contributed by atoms with Crippen LogP contribution in [0.15, 0.2) is 0 Å². The molecule has 0 unspecified atom stereocenters. The van der Waals surface area contributed by atoms with Gasteiger partial charge in [-0.1, -0.05) is 0 Å². The predicted molar refractivity (Wildman–Crippen MR) is 45.4 cm³/mol. The lowest BCUT2D eigenvalue weighted by atomic mass is 10.8. The Morgan fingerprint density at radius 3 is 1.36 bits per heavy atom. The second-order valence-electron chi connectivity index (χ2n) is 2.33. The average molecular weight is 179 g/mol. The summed E-state index contributed by atoms with van der Waals surface area (Å²) in [6.45, 7) is 0. The first-order valence-electron chi connectivity index (χ1n) is 3.58. The summed E-state index contributed by atoms with van der Waals surface area (Å²) >= 11 is 0. The molecule has 2 N–H and O–H groups in total. The van der Waals surface area contributed by atoms with Gasteiger partial charge in [-0.3, -0.25) is 0 Å². The smallest absolute Gasteiger partial charge is 0.379 e. The number of rotatable bonds is 3. The molecule has 1 aliphatic carbocycles. The Morgan fingerprint density at radius 1 is 1.09 bits per heavy atom. The molecule has 0 aromatic rings. The first-order chi connectivity index (χ1) is 5.24. The average Bonchev–Trinajstić information content (AvgIpc) is 2.77. The lowest BCUT2D eigenvalue weighted by Crippen LogP contribution is -2.21. The normalized spacial score (nSPS) is 16.1. The number of hydrogen-bond acceptors (Lipinski definition) is 4. The van der Waals surface area contributed by atoms with Gasteiger partial charge in [-0.2, -0.15) is 0 Å². The first-order valence-corrected chi connectivity index (χ1v) is 5.00. The van der Waals surface area contributed by atoms with Gasteiger partial charge in [0, 0.05) is 27.4 Å². The van der Waals surface area contributed by atoms with E-state index in [1.165, 1.54) is 12.8 Å². The van der Waals surface area contributed by atoms with E-state index in [0.717, 1.165) is 0 Å². The van der Waals surface area contributed by atoms with Crippen molar-refractivity contribution < 1.29 is 13.3 Å². The second kappa shape index (κ2) is 6.75. The van der Waals surface area contributed by atoms with E-state index in [1.54, 1.807) is 21.3 Å². The van der Waals surface area contributed by atoms with E-state index in [0.29, 0.717) is 6.04 Å². The molecule has 0 aromatic heterocycles. The minimum absolute atomic E-state index is 0.583.